The number of carboxylic acids is 1. The molecule has 0 bridgehead atoms. The summed E-state index contributed by atoms with van der Waals surface area (Å²) in [6.07, 6.45) is -0.263. The Morgan fingerprint density at radius 2 is 2.28 bits per heavy atom. The van der Waals surface area contributed by atoms with Crippen LogP contribution in [-0.2, 0) is 9.59 Å². The molecule has 1 heterocycles. The summed E-state index contributed by atoms with van der Waals surface area (Å²) in [5.41, 5.74) is 1.33. The Hall–Kier alpha value is -2.24. The minimum atomic E-state index is -1.02. The fraction of sp³-hybridized carbons (Fsp3) is 0.333. The van der Waals surface area contributed by atoms with Gasteiger partial charge in [0.1, 0.15) is 17.5 Å². The van der Waals surface area contributed by atoms with Crippen molar-refractivity contribution in [1.29, 1.82) is 0 Å². The van der Waals surface area contributed by atoms with Gasteiger partial charge in [0, 0.05) is 7.05 Å². The van der Waals surface area contributed by atoms with Gasteiger partial charge in [0.05, 0.1) is 19.2 Å². The van der Waals surface area contributed by atoms with Gasteiger partial charge in [-0.15, -0.1) is 0 Å². The zero-order valence-electron chi connectivity index (χ0n) is 10.1. The van der Waals surface area contributed by atoms with Crippen molar-refractivity contribution in [2.24, 2.45) is 0 Å². The summed E-state index contributed by atoms with van der Waals surface area (Å²) in [7, 11) is 3.15. The SMILES string of the molecule is COc1cccc2c1NC(CC(=O)O)C(=O)N2C. The predicted octanol–water partition coefficient (Wildman–Crippen LogP) is 0.927. The Morgan fingerprint density at radius 3 is 2.89 bits per heavy atom. The van der Waals surface area contributed by atoms with Gasteiger partial charge in [0.15, 0.2) is 0 Å². The van der Waals surface area contributed by atoms with E-state index >= 15 is 0 Å². The van der Waals surface area contributed by atoms with Gasteiger partial charge >= 0.3 is 5.97 Å². The summed E-state index contributed by atoms with van der Waals surface area (Å²) in [6, 6.07) is 4.55. The molecular weight excluding hydrogens is 236 g/mol. The van der Waals surface area contributed by atoms with E-state index in [4.69, 9.17) is 9.84 Å². The van der Waals surface area contributed by atoms with E-state index in [0.29, 0.717) is 17.1 Å². The highest BCUT2D eigenvalue weighted by molar-refractivity contribution is 6.06. The van der Waals surface area contributed by atoms with E-state index in [9.17, 15) is 9.59 Å². The van der Waals surface area contributed by atoms with Crippen molar-refractivity contribution in [2.45, 2.75) is 12.5 Å². The lowest BCUT2D eigenvalue weighted by Gasteiger charge is -2.33. The Bertz CT molecular complexity index is 501. The molecule has 0 radical (unpaired) electrons. The summed E-state index contributed by atoms with van der Waals surface area (Å²) in [5, 5.41) is 11.7. The van der Waals surface area contributed by atoms with Crippen molar-refractivity contribution in [1.82, 2.24) is 0 Å². The number of hydrogen-bond donors (Lipinski definition) is 2. The van der Waals surface area contributed by atoms with Crippen LogP contribution in [0, 0.1) is 0 Å². The first-order valence-electron chi connectivity index (χ1n) is 5.47. The fourth-order valence-corrected chi connectivity index (χ4v) is 2.02. The third-order valence-electron chi connectivity index (χ3n) is 2.91. The van der Waals surface area contributed by atoms with Crippen molar-refractivity contribution in [3.63, 3.8) is 0 Å². The van der Waals surface area contributed by atoms with Crippen LogP contribution in [0.3, 0.4) is 0 Å². The molecule has 1 aromatic carbocycles. The number of anilines is 2. The highest BCUT2D eigenvalue weighted by Gasteiger charge is 2.33. The van der Waals surface area contributed by atoms with Crippen LogP contribution < -0.4 is 15.0 Å². The number of rotatable bonds is 3. The molecule has 18 heavy (non-hydrogen) atoms. The summed E-state index contributed by atoms with van der Waals surface area (Å²) in [6.45, 7) is 0. The molecule has 1 aliphatic heterocycles. The molecule has 6 nitrogen and oxygen atoms in total. The normalized spacial score (nSPS) is 18.0. The molecule has 1 unspecified atom stereocenters. The molecular formula is C12H14N2O4. The minimum absolute atomic E-state index is 0.263. The quantitative estimate of drug-likeness (QED) is 0.834. The molecule has 0 aliphatic carbocycles. The Morgan fingerprint density at radius 1 is 1.56 bits per heavy atom. The average molecular weight is 250 g/mol. The number of amides is 1. The van der Waals surface area contributed by atoms with Crippen LogP contribution in [0.25, 0.3) is 0 Å². The van der Waals surface area contributed by atoms with Gasteiger partial charge in [-0.2, -0.15) is 0 Å². The Labute approximate surface area is 104 Å². The zero-order valence-corrected chi connectivity index (χ0v) is 10.1. The van der Waals surface area contributed by atoms with E-state index in [1.807, 2.05) is 0 Å². The van der Waals surface area contributed by atoms with E-state index in [0.717, 1.165) is 0 Å². The highest BCUT2D eigenvalue weighted by Crippen LogP contribution is 2.38. The molecule has 2 rings (SSSR count). The molecule has 96 valence electrons. The van der Waals surface area contributed by atoms with Crippen molar-refractivity contribution >= 4 is 23.3 Å². The van der Waals surface area contributed by atoms with Crippen LogP contribution in [0.4, 0.5) is 11.4 Å². The number of nitrogens with one attached hydrogen (secondary N) is 1. The molecule has 1 amide bonds. The van der Waals surface area contributed by atoms with Crippen LogP contribution in [0.15, 0.2) is 18.2 Å². The molecule has 0 saturated carbocycles. The first-order valence-corrected chi connectivity index (χ1v) is 5.47. The average Bonchev–Trinajstić information content (AvgIpc) is 2.34. The maximum absolute atomic E-state index is 12.0. The molecule has 0 saturated heterocycles. The minimum Gasteiger partial charge on any atom is -0.495 e. The first-order chi connectivity index (χ1) is 8.54. The number of methoxy groups -OCH3 is 1. The highest BCUT2D eigenvalue weighted by atomic mass is 16.5. The maximum Gasteiger partial charge on any atom is 0.305 e. The topological polar surface area (TPSA) is 78.9 Å². The number of fused-ring (bicyclic) bond motifs is 1. The molecule has 1 aromatic rings. The number of carbonyl (C=O) groups excluding carboxylic acids is 1. The second-order valence-electron chi connectivity index (χ2n) is 4.05. The van der Waals surface area contributed by atoms with Gasteiger partial charge in [0.2, 0.25) is 5.91 Å². The van der Waals surface area contributed by atoms with E-state index in [-0.39, 0.29) is 12.3 Å². The number of hydrogen-bond acceptors (Lipinski definition) is 4. The maximum atomic E-state index is 12.0. The number of carbonyl (C=O) groups is 2. The van der Waals surface area contributed by atoms with Crippen LogP contribution >= 0.6 is 0 Å². The van der Waals surface area contributed by atoms with Gasteiger partial charge in [-0.3, -0.25) is 9.59 Å². The summed E-state index contributed by atoms with van der Waals surface area (Å²) in [5.74, 6) is -0.701. The molecule has 0 spiro atoms. The largest absolute Gasteiger partial charge is 0.495 e. The van der Waals surface area contributed by atoms with Gasteiger partial charge in [-0.05, 0) is 12.1 Å². The molecule has 6 heteroatoms. The number of para-hydroxylation sites is 1. The lowest BCUT2D eigenvalue weighted by Crippen LogP contribution is -2.46. The first kappa shape index (κ1) is 12.2. The van der Waals surface area contributed by atoms with Crippen LogP contribution in [0.5, 0.6) is 5.75 Å². The summed E-state index contributed by atoms with van der Waals surface area (Å²) in [4.78, 5) is 24.2. The van der Waals surface area contributed by atoms with Crippen LogP contribution in [0.1, 0.15) is 6.42 Å². The van der Waals surface area contributed by atoms with Gasteiger partial charge in [-0.25, -0.2) is 0 Å². The van der Waals surface area contributed by atoms with Crippen LogP contribution in [-0.4, -0.2) is 37.2 Å². The van der Waals surface area contributed by atoms with E-state index in [1.165, 1.54) is 12.0 Å². The van der Waals surface area contributed by atoms with Crippen molar-refractivity contribution < 1.29 is 19.4 Å². The number of nitrogens with zero attached hydrogens (tertiary/aromatic N) is 1. The zero-order chi connectivity index (χ0) is 13.3. The Kier molecular flexibility index (Phi) is 3.10. The van der Waals surface area contributed by atoms with Crippen LogP contribution in [0.2, 0.25) is 0 Å². The number of aliphatic carboxylic acids is 1. The summed E-state index contributed by atoms with van der Waals surface area (Å²) >= 11 is 0. The fourth-order valence-electron chi connectivity index (χ4n) is 2.02. The number of carboxylic acid groups (broad SMARTS) is 1. The van der Waals surface area contributed by atoms with Crippen molar-refractivity contribution in [2.75, 3.05) is 24.4 Å². The third kappa shape index (κ3) is 1.97. The van der Waals surface area contributed by atoms with Gasteiger partial charge in [-0.1, -0.05) is 6.07 Å². The summed E-state index contributed by atoms with van der Waals surface area (Å²) < 4.78 is 5.20. The smallest absolute Gasteiger partial charge is 0.305 e. The molecule has 1 aliphatic rings. The monoisotopic (exact) mass is 250 g/mol. The molecule has 1 atom stereocenters. The molecule has 0 fully saturated rings. The van der Waals surface area contributed by atoms with E-state index in [1.54, 1.807) is 25.2 Å². The number of ether oxygens (including phenoxy) is 1. The number of likely N-dealkylation sites (N-methyl/N-ethyl adjacent to an activating group) is 1. The second-order valence-corrected chi connectivity index (χ2v) is 4.05. The van der Waals surface area contributed by atoms with Crippen molar-refractivity contribution in [3.8, 4) is 5.75 Å². The number of benzene rings is 1. The van der Waals surface area contributed by atoms with E-state index in [2.05, 4.69) is 5.32 Å². The van der Waals surface area contributed by atoms with Crippen molar-refractivity contribution in [3.05, 3.63) is 18.2 Å². The lowest BCUT2D eigenvalue weighted by atomic mass is 10.1. The van der Waals surface area contributed by atoms with Gasteiger partial charge in [0.25, 0.3) is 0 Å². The van der Waals surface area contributed by atoms with E-state index < -0.39 is 12.0 Å². The Balaban J connectivity index is 2.41. The second kappa shape index (κ2) is 4.56. The molecule has 2 N–H and O–H groups in total. The molecule has 0 aromatic heterocycles. The standard InChI is InChI=1S/C12H14N2O4/c1-14-8-4-3-5-9(18-2)11(8)13-7(12(14)17)6-10(15)16/h3-5,7,13H,6H2,1-2H3,(H,15,16). The third-order valence-corrected chi connectivity index (χ3v) is 2.91. The predicted molar refractivity (Wildman–Crippen MR) is 66.1 cm³/mol. The van der Waals surface area contributed by atoms with Gasteiger partial charge < -0.3 is 20.1 Å². The lowest BCUT2D eigenvalue weighted by molar-refractivity contribution is -0.138.